The molecule has 0 saturated carbocycles. The molecule has 2 heteroatoms. The summed E-state index contributed by atoms with van der Waals surface area (Å²) in [7, 11) is 0. The van der Waals surface area contributed by atoms with Gasteiger partial charge in [-0.05, 0) is 18.3 Å². The summed E-state index contributed by atoms with van der Waals surface area (Å²) in [4.78, 5) is 4.50. The zero-order valence-corrected chi connectivity index (χ0v) is 10.6. The molecule has 1 nitrogen and oxygen atoms in total. The van der Waals surface area contributed by atoms with Crippen LogP contribution in [-0.4, -0.2) is 17.3 Å². The highest BCUT2D eigenvalue weighted by molar-refractivity contribution is 8.14. The fraction of sp³-hybridized carbons (Fsp3) is 0.917. The van der Waals surface area contributed by atoms with E-state index in [1.807, 2.05) is 11.8 Å². The second-order valence-corrected chi connectivity index (χ2v) is 5.93. The molecule has 1 unspecified atom stereocenters. The van der Waals surface area contributed by atoms with E-state index in [4.69, 9.17) is 0 Å². The van der Waals surface area contributed by atoms with E-state index < -0.39 is 0 Å². The molecule has 0 radical (unpaired) electrons. The predicted molar refractivity (Wildman–Crippen MR) is 67.2 cm³/mol. The van der Waals surface area contributed by atoms with Crippen LogP contribution in [0.5, 0.6) is 0 Å². The van der Waals surface area contributed by atoms with Crippen molar-refractivity contribution in [2.45, 2.75) is 46.5 Å². The van der Waals surface area contributed by atoms with Gasteiger partial charge in [-0.25, -0.2) is 0 Å². The van der Waals surface area contributed by atoms with E-state index in [1.54, 1.807) is 0 Å². The quantitative estimate of drug-likeness (QED) is 0.650. The maximum absolute atomic E-state index is 4.50. The van der Waals surface area contributed by atoms with Crippen LogP contribution in [-0.2, 0) is 0 Å². The van der Waals surface area contributed by atoms with Crippen LogP contribution in [0.3, 0.4) is 0 Å². The largest absolute Gasteiger partial charge is 0.282 e. The Hall–Kier alpha value is 0.0200. The fourth-order valence-corrected chi connectivity index (χ4v) is 2.78. The summed E-state index contributed by atoms with van der Waals surface area (Å²) in [6.45, 7) is 8.03. The van der Waals surface area contributed by atoms with Crippen molar-refractivity contribution in [3.63, 3.8) is 0 Å². The SMILES string of the molecule is CC(C)CCCC(C)CC1=NCCS1. The number of rotatable bonds is 6. The van der Waals surface area contributed by atoms with Crippen molar-refractivity contribution >= 4 is 16.8 Å². The minimum atomic E-state index is 0.832. The zero-order valence-electron chi connectivity index (χ0n) is 9.75. The van der Waals surface area contributed by atoms with E-state index in [1.165, 1.54) is 36.5 Å². The summed E-state index contributed by atoms with van der Waals surface area (Å²) in [5.74, 6) is 2.91. The van der Waals surface area contributed by atoms with Gasteiger partial charge in [0.1, 0.15) is 0 Å². The Labute approximate surface area is 92.8 Å². The first-order valence-electron chi connectivity index (χ1n) is 5.84. The molecule has 0 bridgehead atoms. The second kappa shape index (κ2) is 6.49. The average Bonchev–Trinajstić information content (AvgIpc) is 2.56. The third-order valence-corrected chi connectivity index (χ3v) is 3.67. The summed E-state index contributed by atoms with van der Waals surface area (Å²) < 4.78 is 0. The molecule has 0 aromatic carbocycles. The number of hydrogen-bond donors (Lipinski definition) is 0. The average molecular weight is 213 g/mol. The molecule has 0 spiro atoms. The topological polar surface area (TPSA) is 12.4 Å². The molecule has 0 saturated heterocycles. The lowest BCUT2D eigenvalue weighted by atomic mass is 9.98. The molecule has 1 heterocycles. The van der Waals surface area contributed by atoms with Crippen LogP contribution < -0.4 is 0 Å². The third-order valence-electron chi connectivity index (χ3n) is 2.65. The van der Waals surface area contributed by atoms with Crippen LogP contribution >= 0.6 is 11.8 Å². The smallest absolute Gasteiger partial charge is 0.0679 e. The summed E-state index contributed by atoms with van der Waals surface area (Å²) in [5, 5.41) is 1.40. The van der Waals surface area contributed by atoms with Crippen molar-refractivity contribution in [1.82, 2.24) is 0 Å². The minimum absolute atomic E-state index is 0.832. The molecule has 0 aliphatic carbocycles. The van der Waals surface area contributed by atoms with Crippen molar-refractivity contribution in [3.8, 4) is 0 Å². The van der Waals surface area contributed by atoms with Crippen LogP contribution in [0.25, 0.3) is 0 Å². The Morgan fingerprint density at radius 2 is 2.07 bits per heavy atom. The molecule has 0 aromatic rings. The number of hydrogen-bond acceptors (Lipinski definition) is 2. The Bertz CT molecular complexity index is 187. The van der Waals surface area contributed by atoms with Crippen LogP contribution in [0.15, 0.2) is 4.99 Å². The molecule has 1 atom stereocenters. The molecule has 1 rings (SSSR count). The first-order valence-corrected chi connectivity index (χ1v) is 6.83. The summed E-state index contributed by atoms with van der Waals surface area (Å²) >= 11 is 1.96. The molecule has 0 N–H and O–H groups in total. The maximum atomic E-state index is 4.50. The molecule has 0 amide bonds. The van der Waals surface area contributed by atoms with Crippen LogP contribution in [0.1, 0.15) is 46.5 Å². The van der Waals surface area contributed by atoms with E-state index >= 15 is 0 Å². The van der Waals surface area contributed by atoms with E-state index in [9.17, 15) is 0 Å². The highest BCUT2D eigenvalue weighted by Crippen LogP contribution is 2.22. The molecule has 1 aliphatic rings. The summed E-state index contributed by atoms with van der Waals surface area (Å²) in [6.07, 6.45) is 5.36. The highest BCUT2D eigenvalue weighted by Gasteiger charge is 2.11. The lowest BCUT2D eigenvalue weighted by Crippen LogP contribution is -2.01. The molecular weight excluding hydrogens is 190 g/mol. The number of aliphatic imine (C=N–C) groups is 1. The predicted octanol–water partition coefficient (Wildman–Crippen LogP) is 3.98. The van der Waals surface area contributed by atoms with Gasteiger partial charge in [-0.15, -0.1) is 11.8 Å². The Morgan fingerprint density at radius 1 is 1.29 bits per heavy atom. The molecular formula is C12H23NS. The zero-order chi connectivity index (χ0) is 10.4. The van der Waals surface area contributed by atoms with Gasteiger partial charge in [0.25, 0.3) is 0 Å². The van der Waals surface area contributed by atoms with Gasteiger partial charge in [0.2, 0.25) is 0 Å². The molecule has 0 fully saturated rings. The second-order valence-electron chi connectivity index (χ2n) is 4.76. The summed E-state index contributed by atoms with van der Waals surface area (Å²) in [5.41, 5.74) is 0. The van der Waals surface area contributed by atoms with E-state index in [0.717, 1.165) is 18.4 Å². The first-order chi connectivity index (χ1) is 6.68. The van der Waals surface area contributed by atoms with Gasteiger partial charge in [-0.1, -0.05) is 40.0 Å². The lowest BCUT2D eigenvalue weighted by molar-refractivity contribution is 0.468. The monoisotopic (exact) mass is 213 g/mol. The third kappa shape index (κ3) is 5.04. The van der Waals surface area contributed by atoms with E-state index in [0.29, 0.717) is 0 Å². The Morgan fingerprint density at radius 3 is 2.64 bits per heavy atom. The van der Waals surface area contributed by atoms with Gasteiger partial charge < -0.3 is 0 Å². The fourth-order valence-electron chi connectivity index (χ4n) is 1.78. The van der Waals surface area contributed by atoms with Crippen LogP contribution in [0.4, 0.5) is 0 Å². The lowest BCUT2D eigenvalue weighted by Gasteiger charge is -2.11. The van der Waals surface area contributed by atoms with Crippen molar-refractivity contribution in [3.05, 3.63) is 0 Å². The summed E-state index contributed by atoms with van der Waals surface area (Å²) in [6, 6.07) is 0. The normalized spacial score (nSPS) is 18.7. The molecule has 0 aromatic heterocycles. The van der Waals surface area contributed by atoms with Gasteiger partial charge in [0.15, 0.2) is 0 Å². The Kier molecular flexibility index (Phi) is 5.61. The van der Waals surface area contributed by atoms with Gasteiger partial charge in [-0.2, -0.15) is 0 Å². The van der Waals surface area contributed by atoms with Gasteiger partial charge in [0, 0.05) is 12.3 Å². The molecule has 82 valence electrons. The minimum Gasteiger partial charge on any atom is -0.282 e. The highest BCUT2D eigenvalue weighted by atomic mass is 32.2. The van der Waals surface area contributed by atoms with Gasteiger partial charge >= 0.3 is 0 Å². The van der Waals surface area contributed by atoms with Crippen molar-refractivity contribution in [1.29, 1.82) is 0 Å². The van der Waals surface area contributed by atoms with Gasteiger partial charge in [-0.3, -0.25) is 4.99 Å². The maximum Gasteiger partial charge on any atom is 0.0679 e. The van der Waals surface area contributed by atoms with Gasteiger partial charge in [0.05, 0.1) is 5.04 Å². The van der Waals surface area contributed by atoms with E-state index in [2.05, 4.69) is 25.8 Å². The van der Waals surface area contributed by atoms with Crippen molar-refractivity contribution < 1.29 is 0 Å². The number of thioether (sulfide) groups is 1. The number of nitrogens with zero attached hydrogens (tertiary/aromatic N) is 1. The molecule has 1 aliphatic heterocycles. The van der Waals surface area contributed by atoms with Crippen LogP contribution in [0.2, 0.25) is 0 Å². The van der Waals surface area contributed by atoms with Crippen molar-refractivity contribution in [2.75, 3.05) is 12.3 Å². The first kappa shape index (κ1) is 12.1. The van der Waals surface area contributed by atoms with Crippen molar-refractivity contribution in [2.24, 2.45) is 16.8 Å². The molecule has 14 heavy (non-hydrogen) atoms. The van der Waals surface area contributed by atoms with Crippen LogP contribution in [0, 0.1) is 11.8 Å². The van der Waals surface area contributed by atoms with E-state index in [-0.39, 0.29) is 0 Å². The Balaban J connectivity index is 2.06. The standard InChI is InChI=1S/C12H23NS/c1-10(2)5-4-6-11(3)9-12-13-7-8-14-12/h10-11H,4-9H2,1-3H3.